The number of anilines is 1. The fourth-order valence-electron chi connectivity index (χ4n) is 4.51. The van der Waals surface area contributed by atoms with E-state index in [2.05, 4.69) is 34.4 Å². The molecule has 8 atom stereocenters. The summed E-state index contributed by atoms with van der Waals surface area (Å²) in [5, 5.41) is 34.3. The number of nitrogen functional groups attached to an aromatic ring is 1. The largest absolute Gasteiger partial charge is 0.481 e. The average molecular weight is 868 g/mol. The summed E-state index contributed by atoms with van der Waals surface area (Å²) in [5.41, 5.74) is 4.19. The van der Waals surface area contributed by atoms with E-state index in [4.69, 9.17) is 24.6 Å². The number of hydrogen-bond donors (Lipinski definition) is 10. The van der Waals surface area contributed by atoms with E-state index < -0.39 is 102 Å². The van der Waals surface area contributed by atoms with Gasteiger partial charge in [-0.1, -0.05) is 25.6 Å². The third-order valence-corrected chi connectivity index (χ3v) is 11.6. The number of carboxylic acids is 1. The molecule has 0 aromatic carbocycles. The van der Waals surface area contributed by atoms with Crippen LogP contribution in [0.2, 0.25) is 0 Å². The van der Waals surface area contributed by atoms with Gasteiger partial charge in [0.15, 0.2) is 17.7 Å². The number of carboxylic acid groups (broad SMARTS) is 1. The maximum Gasteiger partial charge on any atom is 0.481 e. The lowest BCUT2D eigenvalue weighted by atomic mass is 9.87. The first-order valence-corrected chi connectivity index (χ1v) is 21.1. The van der Waals surface area contributed by atoms with Crippen molar-refractivity contribution in [3.05, 3.63) is 12.7 Å². The highest BCUT2D eigenvalue weighted by Crippen LogP contribution is 2.61. The summed E-state index contributed by atoms with van der Waals surface area (Å²) in [6.07, 6.45) is -7.13. The number of phosphoric ester groups is 3. The van der Waals surface area contributed by atoms with Gasteiger partial charge >= 0.3 is 29.4 Å². The highest BCUT2D eigenvalue weighted by molar-refractivity contribution is 8.13. The Morgan fingerprint density at radius 1 is 1.05 bits per heavy atom. The fraction of sp³-hybridized carbons (Fsp3) is 0.640. The van der Waals surface area contributed by atoms with E-state index in [9.17, 15) is 62.7 Å². The second-order valence-electron chi connectivity index (χ2n) is 12.3. The van der Waals surface area contributed by atoms with Crippen molar-refractivity contribution in [3.8, 4) is 0 Å². The summed E-state index contributed by atoms with van der Waals surface area (Å²) >= 11 is 0.726. The second kappa shape index (κ2) is 19.0. The second-order valence-corrected chi connectivity index (χ2v) is 17.6. The number of aliphatic hydroxyl groups excluding tert-OH is 2. The number of hydrogen-bond acceptors (Lipinski definition) is 19. The molecule has 0 aliphatic carbocycles. The lowest BCUT2D eigenvalue weighted by Crippen LogP contribution is -2.46. The monoisotopic (exact) mass is 867 g/mol. The van der Waals surface area contributed by atoms with Crippen LogP contribution in [-0.4, -0.2) is 134 Å². The Hall–Kier alpha value is -2.97. The molecule has 1 aliphatic rings. The number of ether oxygens (including phenoxy) is 1. The van der Waals surface area contributed by atoms with Crippen LogP contribution in [0, 0.1) is 11.3 Å². The Morgan fingerprint density at radius 3 is 2.35 bits per heavy atom. The van der Waals surface area contributed by atoms with Crippen LogP contribution < -0.4 is 16.4 Å². The van der Waals surface area contributed by atoms with Crippen LogP contribution in [0.1, 0.15) is 33.4 Å². The van der Waals surface area contributed by atoms with Crippen molar-refractivity contribution in [2.45, 2.75) is 57.8 Å². The minimum absolute atomic E-state index is 0.0183. The van der Waals surface area contributed by atoms with Crippen molar-refractivity contribution < 1.29 is 90.4 Å². The third kappa shape index (κ3) is 13.6. The molecule has 3 rings (SSSR count). The van der Waals surface area contributed by atoms with Gasteiger partial charge in [0.2, 0.25) is 16.9 Å². The molecule has 310 valence electrons. The number of carbonyl (C=O) groups excluding carboxylic acids is 3. The smallest absolute Gasteiger partial charge is 0.481 e. The van der Waals surface area contributed by atoms with E-state index in [0.29, 0.717) is 0 Å². The molecular weight excluding hydrogens is 827 g/mol. The number of rotatable bonds is 21. The summed E-state index contributed by atoms with van der Waals surface area (Å²) in [4.78, 5) is 97.8. The van der Waals surface area contributed by atoms with Crippen LogP contribution in [0.5, 0.6) is 0 Å². The average Bonchev–Trinajstić information content (AvgIpc) is 3.64. The molecule has 0 radical (unpaired) electrons. The van der Waals surface area contributed by atoms with Crippen LogP contribution in [0.4, 0.5) is 5.82 Å². The van der Waals surface area contributed by atoms with Crippen molar-refractivity contribution in [2.24, 2.45) is 11.3 Å². The Labute approximate surface area is 314 Å². The summed E-state index contributed by atoms with van der Waals surface area (Å²) in [7, 11) is -16.4. The lowest BCUT2D eigenvalue weighted by molar-refractivity contribution is -0.143. The molecule has 1 fully saturated rings. The van der Waals surface area contributed by atoms with Gasteiger partial charge in [0, 0.05) is 30.7 Å². The Bertz CT molecular complexity index is 1860. The number of nitrogens with two attached hydrogens (primary N) is 1. The molecule has 30 heteroatoms. The normalized spacial score (nSPS) is 22.3. The number of fused-ring (bicyclic) bond motifs is 1. The molecule has 3 heterocycles. The number of aromatic nitrogens is 4. The van der Waals surface area contributed by atoms with Crippen molar-refractivity contribution in [2.75, 3.05) is 37.8 Å². The SMILES string of the molecule is C[C@H](C(=O)O)C(=O)SCCNC(=O)CCNC(=O)[C@H](O)C(C)(C)COP(=O)(O)OP(=O)(O)OC[C@H]1O[C@H](n2cnc3c(N)ncnc32)[C@H](O)[C@@H]1OP(=O)(O)O. The number of amides is 2. The number of nitrogens with one attached hydrogen (secondary N) is 2. The summed E-state index contributed by atoms with van der Waals surface area (Å²) in [5.74, 6) is -4.01. The van der Waals surface area contributed by atoms with E-state index in [-0.39, 0.29) is 42.2 Å². The zero-order chi connectivity index (χ0) is 41.5. The Balaban J connectivity index is 1.50. The number of nitrogens with zero attached hydrogens (tertiary/aromatic N) is 4. The van der Waals surface area contributed by atoms with E-state index in [0.717, 1.165) is 29.0 Å². The quantitative estimate of drug-likeness (QED) is 0.0383. The van der Waals surface area contributed by atoms with Crippen LogP contribution in [0.3, 0.4) is 0 Å². The van der Waals surface area contributed by atoms with Crippen LogP contribution in [-0.2, 0) is 55.5 Å². The van der Waals surface area contributed by atoms with Gasteiger partial charge in [0.1, 0.15) is 42.2 Å². The van der Waals surface area contributed by atoms with Gasteiger partial charge in [0.05, 0.1) is 19.5 Å². The van der Waals surface area contributed by atoms with Crippen molar-refractivity contribution in [1.29, 1.82) is 0 Å². The van der Waals surface area contributed by atoms with Gasteiger partial charge in [-0.2, -0.15) is 4.31 Å². The molecule has 2 unspecified atom stereocenters. The molecule has 0 bridgehead atoms. The number of aliphatic carboxylic acids is 1. The molecule has 11 N–H and O–H groups in total. The number of carbonyl (C=O) groups is 4. The lowest BCUT2D eigenvalue weighted by Gasteiger charge is -2.30. The van der Waals surface area contributed by atoms with Gasteiger partial charge in [0.25, 0.3) is 0 Å². The van der Waals surface area contributed by atoms with Crippen LogP contribution in [0.15, 0.2) is 12.7 Å². The summed E-state index contributed by atoms with van der Waals surface area (Å²) in [6.45, 7) is 1.35. The molecule has 2 aromatic rings. The van der Waals surface area contributed by atoms with E-state index in [1.165, 1.54) is 20.8 Å². The molecule has 26 nitrogen and oxygen atoms in total. The van der Waals surface area contributed by atoms with Gasteiger partial charge in [-0.05, 0) is 6.92 Å². The van der Waals surface area contributed by atoms with Crippen molar-refractivity contribution in [1.82, 2.24) is 30.2 Å². The zero-order valence-electron chi connectivity index (χ0n) is 29.0. The fourth-order valence-corrected chi connectivity index (χ4v) is 8.09. The van der Waals surface area contributed by atoms with Gasteiger partial charge in [-0.3, -0.25) is 37.3 Å². The molecule has 0 saturated carbocycles. The van der Waals surface area contributed by atoms with Crippen molar-refractivity contribution >= 4 is 75.1 Å². The third-order valence-electron chi connectivity index (χ3n) is 7.47. The van der Waals surface area contributed by atoms with Gasteiger partial charge < -0.3 is 56.0 Å². The number of aliphatic hydroxyl groups is 2. The Kier molecular flexibility index (Phi) is 16.0. The molecular formula is C25H40N7O19P3S. The van der Waals surface area contributed by atoms with Gasteiger partial charge in [-0.25, -0.2) is 28.6 Å². The summed E-state index contributed by atoms with van der Waals surface area (Å²) < 4.78 is 61.9. The standard InChI is InChI=1S/C25H40N7O19P3S/c1-12(23(37)38)24(39)55-7-6-27-14(33)4-5-28-21(36)18(35)25(2,3)9-48-54(45,46)51-53(43,44)47-8-13-17(50-52(40,41)42)16(34)22(49-13)32-11-31-15-19(26)29-10-30-20(15)32/h10-13,16-18,22,34-35H,4-9H2,1-3H3,(H,27,33)(H,28,36)(H,37,38)(H,43,44)(H,45,46)(H2,26,29,30)(H2,40,41,42)/t12-,13-,16-,17-,18+,22+/m1/s1. The van der Waals surface area contributed by atoms with E-state index in [1.54, 1.807) is 0 Å². The van der Waals surface area contributed by atoms with Gasteiger partial charge in [-0.15, -0.1) is 0 Å². The number of phosphoric acid groups is 3. The molecule has 2 amide bonds. The topological polar surface area (TPSA) is 401 Å². The molecule has 1 saturated heterocycles. The zero-order valence-corrected chi connectivity index (χ0v) is 32.5. The minimum atomic E-state index is -5.59. The highest BCUT2D eigenvalue weighted by Gasteiger charge is 2.50. The highest BCUT2D eigenvalue weighted by atomic mass is 32.2. The maximum absolute atomic E-state index is 12.6. The predicted octanol–water partition coefficient (Wildman–Crippen LogP) is -1.61. The predicted molar refractivity (Wildman–Crippen MR) is 184 cm³/mol. The van der Waals surface area contributed by atoms with Crippen LogP contribution in [0.25, 0.3) is 11.2 Å². The number of imidazole rings is 1. The van der Waals surface area contributed by atoms with E-state index >= 15 is 0 Å². The molecule has 1 aliphatic heterocycles. The maximum atomic E-state index is 12.6. The first-order chi connectivity index (χ1) is 25.3. The first kappa shape index (κ1) is 46.4. The Morgan fingerprint density at radius 2 is 1.71 bits per heavy atom. The number of thioether (sulfide) groups is 1. The van der Waals surface area contributed by atoms with E-state index in [1.807, 2.05) is 0 Å². The first-order valence-electron chi connectivity index (χ1n) is 15.6. The van der Waals surface area contributed by atoms with Crippen molar-refractivity contribution in [3.63, 3.8) is 0 Å². The van der Waals surface area contributed by atoms with Crippen LogP contribution >= 0.6 is 35.2 Å². The summed E-state index contributed by atoms with van der Waals surface area (Å²) in [6, 6.07) is 0. The minimum Gasteiger partial charge on any atom is -0.481 e. The molecule has 0 spiro atoms. The molecule has 2 aromatic heterocycles. The molecule has 55 heavy (non-hydrogen) atoms.